The third-order valence-electron chi connectivity index (χ3n) is 5.19. The van der Waals surface area contributed by atoms with E-state index in [1.807, 2.05) is 67.7 Å². The first-order valence-electron chi connectivity index (χ1n) is 11.0. The Labute approximate surface area is 195 Å². The van der Waals surface area contributed by atoms with E-state index in [9.17, 15) is 0 Å². The number of benzene rings is 2. The number of rotatable bonds is 11. The maximum atomic E-state index is 5.89. The molecule has 3 aromatic rings. The second-order valence-electron chi connectivity index (χ2n) is 7.68. The van der Waals surface area contributed by atoms with Gasteiger partial charge < -0.3 is 30.8 Å². The lowest BCUT2D eigenvalue weighted by molar-refractivity contribution is 0.146. The van der Waals surface area contributed by atoms with Crippen molar-refractivity contribution in [2.24, 2.45) is 4.99 Å². The molecule has 0 saturated carbocycles. The highest BCUT2D eigenvalue weighted by molar-refractivity contribution is 6.04. The van der Waals surface area contributed by atoms with Crippen molar-refractivity contribution in [2.45, 2.75) is 27.2 Å². The summed E-state index contributed by atoms with van der Waals surface area (Å²) in [5.74, 6) is 2.60. The van der Waals surface area contributed by atoms with Crippen molar-refractivity contribution < 1.29 is 9.47 Å². The molecule has 174 valence electrons. The summed E-state index contributed by atoms with van der Waals surface area (Å²) in [6.07, 6.45) is 2.81. The van der Waals surface area contributed by atoms with Crippen molar-refractivity contribution in [3.05, 3.63) is 77.8 Å². The van der Waals surface area contributed by atoms with Crippen LogP contribution in [0.5, 0.6) is 5.75 Å². The van der Waals surface area contributed by atoms with Crippen molar-refractivity contribution in [3.8, 4) is 5.75 Å². The maximum absolute atomic E-state index is 5.89. The van der Waals surface area contributed by atoms with Crippen molar-refractivity contribution in [3.63, 3.8) is 0 Å². The fourth-order valence-electron chi connectivity index (χ4n) is 3.19. The number of nitrogen functional groups attached to an aromatic ring is 1. The SMILES string of the molecule is CC/C(C)=C(\Nc1ccc(OCCOC)cc1)Nc1[nH]ccc1C(C)=Nc1cccc(N)c1. The zero-order chi connectivity index (χ0) is 23.6. The number of aliphatic imine (C=N–C) groups is 1. The van der Waals surface area contributed by atoms with Crippen molar-refractivity contribution >= 4 is 28.6 Å². The number of ether oxygens (including phenoxy) is 2. The van der Waals surface area contributed by atoms with Gasteiger partial charge >= 0.3 is 0 Å². The number of aromatic nitrogens is 1. The van der Waals surface area contributed by atoms with Crippen molar-refractivity contribution in [2.75, 3.05) is 36.7 Å². The number of nitrogens with zero attached hydrogens (tertiary/aromatic N) is 1. The van der Waals surface area contributed by atoms with Gasteiger partial charge in [0.1, 0.15) is 24.0 Å². The summed E-state index contributed by atoms with van der Waals surface area (Å²) in [5, 5.41) is 7.02. The molecule has 0 aliphatic rings. The van der Waals surface area contributed by atoms with E-state index in [0.29, 0.717) is 18.9 Å². The number of aromatic amines is 1. The Kier molecular flexibility index (Phi) is 8.55. The third-order valence-corrected chi connectivity index (χ3v) is 5.19. The second kappa shape index (κ2) is 11.8. The number of hydrogen-bond donors (Lipinski definition) is 4. The van der Waals surface area contributed by atoms with Crippen LogP contribution in [0.4, 0.5) is 22.9 Å². The average molecular weight is 448 g/mol. The van der Waals surface area contributed by atoms with Gasteiger partial charge in [-0.1, -0.05) is 13.0 Å². The third kappa shape index (κ3) is 6.89. The van der Waals surface area contributed by atoms with E-state index in [2.05, 4.69) is 29.5 Å². The summed E-state index contributed by atoms with van der Waals surface area (Å²) < 4.78 is 10.7. The summed E-state index contributed by atoms with van der Waals surface area (Å²) in [5.41, 5.74) is 11.4. The normalized spacial score (nSPS) is 12.3. The van der Waals surface area contributed by atoms with E-state index in [0.717, 1.165) is 46.5 Å². The monoisotopic (exact) mass is 447 g/mol. The van der Waals surface area contributed by atoms with E-state index < -0.39 is 0 Å². The van der Waals surface area contributed by atoms with Gasteiger partial charge in [-0.3, -0.25) is 4.99 Å². The van der Waals surface area contributed by atoms with E-state index in [4.69, 9.17) is 20.2 Å². The van der Waals surface area contributed by atoms with Gasteiger partial charge in [0.05, 0.1) is 12.3 Å². The number of methoxy groups -OCH3 is 1. The van der Waals surface area contributed by atoms with E-state index >= 15 is 0 Å². The van der Waals surface area contributed by atoms with Gasteiger partial charge in [0.15, 0.2) is 0 Å². The zero-order valence-corrected chi connectivity index (χ0v) is 19.7. The van der Waals surface area contributed by atoms with Crippen LogP contribution in [0.2, 0.25) is 0 Å². The minimum atomic E-state index is 0.525. The molecule has 0 spiro atoms. The quantitative estimate of drug-likeness (QED) is 0.166. The first-order valence-corrected chi connectivity index (χ1v) is 11.0. The Morgan fingerprint density at radius 1 is 1.03 bits per heavy atom. The lowest BCUT2D eigenvalue weighted by Gasteiger charge is -2.17. The van der Waals surface area contributed by atoms with Crippen LogP contribution < -0.4 is 21.1 Å². The van der Waals surface area contributed by atoms with Crippen LogP contribution in [-0.4, -0.2) is 31.0 Å². The Morgan fingerprint density at radius 2 is 1.82 bits per heavy atom. The molecule has 7 heteroatoms. The van der Waals surface area contributed by atoms with Crippen molar-refractivity contribution in [1.82, 2.24) is 4.98 Å². The van der Waals surface area contributed by atoms with Crippen LogP contribution in [0, 0.1) is 0 Å². The summed E-state index contributed by atoms with van der Waals surface area (Å²) in [4.78, 5) is 8.03. The van der Waals surface area contributed by atoms with Gasteiger partial charge in [-0.2, -0.15) is 0 Å². The summed E-state index contributed by atoms with van der Waals surface area (Å²) in [6, 6.07) is 17.4. The fourth-order valence-corrected chi connectivity index (χ4v) is 3.19. The molecule has 0 radical (unpaired) electrons. The lowest BCUT2D eigenvalue weighted by atomic mass is 10.2. The fraction of sp³-hybridized carbons (Fsp3) is 0.269. The molecular weight excluding hydrogens is 414 g/mol. The summed E-state index contributed by atoms with van der Waals surface area (Å²) in [7, 11) is 1.66. The largest absolute Gasteiger partial charge is 0.491 e. The first kappa shape index (κ1) is 23.9. The second-order valence-corrected chi connectivity index (χ2v) is 7.68. The molecule has 7 nitrogen and oxygen atoms in total. The molecule has 3 rings (SSSR count). The summed E-state index contributed by atoms with van der Waals surface area (Å²) >= 11 is 0. The van der Waals surface area contributed by atoms with E-state index in [1.165, 1.54) is 5.57 Å². The van der Waals surface area contributed by atoms with Gasteiger partial charge in [-0.15, -0.1) is 0 Å². The standard InChI is InChI=1S/C26H33N5O2/c1-5-18(2)25(30-21-9-11-23(12-10-21)33-16-15-32-4)31-26-24(13-14-28-26)19(3)29-22-8-6-7-20(27)17-22/h6-14,17,28,30-31H,5,15-16,27H2,1-4H3/b25-18+,29-19?. The zero-order valence-electron chi connectivity index (χ0n) is 19.7. The van der Waals surface area contributed by atoms with E-state index in [-0.39, 0.29) is 0 Å². The van der Waals surface area contributed by atoms with Crippen LogP contribution in [0.15, 0.2) is 77.2 Å². The number of nitrogens with two attached hydrogens (primary N) is 1. The van der Waals surface area contributed by atoms with Crippen LogP contribution in [-0.2, 0) is 4.74 Å². The number of anilines is 3. The van der Waals surface area contributed by atoms with Crippen LogP contribution in [0.25, 0.3) is 0 Å². The molecule has 1 heterocycles. The predicted octanol–water partition coefficient (Wildman–Crippen LogP) is 5.93. The number of H-pyrrole nitrogens is 1. The molecule has 33 heavy (non-hydrogen) atoms. The number of allylic oxidation sites excluding steroid dienone is 1. The molecule has 0 unspecified atom stereocenters. The van der Waals surface area contributed by atoms with Gasteiger partial charge in [0.25, 0.3) is 0 Å². The Hall–Kier alpha value is -3.71. The molecule has 5 N–H and O–H groups in total. The minimum Gasteiger partial charge on any atom is -0.491 e. The maximum Gasteiger partial charge on any atom is 0.119 e. The molecule has 0 bridgehead atoms. The van der Waals surface area contributed by atoms with Gasteiger partial charge in [-0.05, 0) is 74.4 Å². The predicted molar refractivity (Wildman–Crippen MR) is 138 cm³/mol. The van der Waals surface area contributed by atoms with Crippen LogP contribution >= 0.6 is 0 Å². The van der Waals surface area contributed by atoms with E-state index in [1.54, 1.807) is 7.11 Å². The molecule has 0 amide bonds. The van der Waals surface area contributed by atoms with Gasteiger partial charge in [0, 0.05) is 36.0 Å². The highest BCUT2D eigenvalue weighted by Crippen LogP contribution is 2.24. The molecule has 0 saturated heterocycles. The van der Waals surface area contributed by atoms with Gasteiger partial charge in [0.2, 0.25) is 0 Å². The Bertz CT molecular complexity index is 1100. The Morgan fingerprint density at radius 3 is 2.52 bits per heavy atom. The highest BCUT2D eigenvalue weighted by atomic mass is 16.5. The van der Waals surface area contributed by atoms with Gasteiger partial charge in [-0.25, -0.2) is 0 Å². The molecule has 0 aliphatic heterocycles. The first-order chi connectivity index (χ1) is 16.0. The topological polar surface area (TPSA) is 96.7 Å². The molecular formula is C26H33N5O2. The lowest BCUT2D eigenvalue weighted by Crippen LogP contribution is -2.14. The van der Waals surface area contributed by atoms with Crippen LogP contribution in [0.3, 0.4) is 0 Å². The Balaban J connectivity index is 1.77. The molecule has 0 fully saturated rings. The highest BCUT2D eigenvalue weighted by Gasteiger charge is 2.11. The molecule has 2 aromatic carbocycles. The number of nitrogens with one attached hydrogen (secondary N) is 3. The van der Waals surface area contributed by atoms with Crippen molar-refractivity contribution in [1.29, 1.82) is 0 Å². The smallest absolute Gasteiger partial charge is 0.119 e. The average Bonchev–Trinajstić information content (AvgIpc) is 3.28. The molecule has 1 aromatic heterocycles. The molecule has 0 atom stereocenters. The number of hydrogen-bond acceptors (Lipinski definition) is 6. The minimum absolute atomic E-state index is 0.525. The van der Waals surface area contributed by atoms with Crippen LogP contribution in [0.1, 0.15) is 32.8 Å². The molecule has 0 aliphatic carbocycles. The summed E-state index contributed by atoms with van der Waals surface area (Å²) in [6.45, 7) is 7.31.